The lowest BCUT2D eigenvalue weighted by Gasteiger charge is -2.63. The molecule has 28 nitrogen and oxygen atoms in total. The Balaban J connectivity index is 1.99. The molecule has 0 aromatic carbocycles. The number of carbonyl (C=O) groups is 8. The second kappa shape index (κ2) is 32.4. The summed E-state index contributed by atoms with van der Waals surface area (Å²) < 4.78 is 410. The van der Waals surface area contributed by atoms with Crippen LogP contribution in [0.2, 0.25) is 48.4 Å². The summed E-state index contributed by atoms with van der Waals surface area (Å²) in [6.45, 7) is -9.76. The lowest BCUT2D eigenvalue weighted by Crippen LogP contribution is -2.88. The minimum absolute atomic E-state index is 1.03. The normalized spacial score (nSPS) is 27.9. The number of alkyl halides is 24. The molecule has 0 aliphatic carbocycles. The fourth-order valence-electron chi connectivity index (χ4n) is 9.42. The zero-order chi connectivity index (χ0) is 75.7. The molecule has 0 saturated carbocycles. The molecule has 100 heavy (non-hydrogen) atoms. The number of rotatable bonds is 32. The van der Waals surface area contributed by atoms with Gasteiger partial charge in [-0.15, -0.1) is 0 Å². The van der Waals surface area contributed by atoms with Gasteiger partial charge in [0.2, 0.25) is 0 Å². The quantitative estimate of drug-likeness (QED) is 0.0264. The molecule has 0 aromatic heterocycles. The van der Waals surface area contributed by atoms with Crippen molar-refractivity contribution in [3.05, 3.63) is 0 Å². The van der Waals surface area contributed by atoms with Crippen LogP contribution < -0.4 is 42.5 Å². The summed E-state index contributed by atoms with van der Waals surface area (Å²) in [5.74, 6) is -21.5. The zero-order valence-corrected chi connectivity index (χ0v) is 58.2. The molecule has 6 heterocycles. The fraction of sp³-hybridized carbons (Fsp3) is 0.800. The van der Waals surface area contributed by atoms with Crippen LogP contribution in [0, 0.1) is 0 Å². The number of hydrogen-bond donors (Lipinski definition) is 8. The van der Waals surface area contributed by atoms with Crippen LogP contribution in [-0.4, -0.2) is 219 Å². The Labute approximate surface area is 553 Å². The molecule has 6 aliphatic rings. The highest BCUT2D eigenvalue weighted by atomic mass is 28.6. The van der Waals surface area contributed by atoms with Gasteiger partial charge in [0.15, 0.2) is 0 Å². The third-order valence-corrected chi connectivity index (χ3v) is 50.9. The van der Waals surface area contributed by atoms with E-state index in [0.29, 0.717) is 0 Å². The smallest absolute Gasteiger partial charge is 0.373 e. The van der Waals surface area contributed by atoms with E-state index in [1.165, 1.54) is 42.5 Å². The molecule has 0 radical (unpaired) electrons. The summed E-state index contributed by atoms with van der Waals surface area (Å²) in [5, 5.41) is 11.4. The molecule has 0 unspecified atom stereocenters. The van der Waals surface area contributed by atoms with Crippen molar-refractivity contribution in [2.75, 3.05) is 52.4 Å². The van der Waals surface area contributed by atoms with Crippen molar-refractivity contribution in [3.8, 4) is 0 Å². The van der Waals surface area contributed by atoms with Gasteiger partial charge in [0.25, 0.3) is 0 Å². The number of amides is 8. The largest absolute Gasteiger partial charge is 0.478 e. The third kappa shape index (κ3) is 24.7. The average molecular weight is 1650 g/mol. The molecule has 6 fully saturated rings. The average Bonchev–Trinajstić information content (AvgIpc) is 0.687. The summed E-state index contributed by atoms with van der Waals surface area (Å²) >= 11 is 0. The molecule has 576 valence electrons. The van der Waals surface area contributed by atoms with E-state index in [-0.39, 0.29) is 0 Å². The maximum atomic E-state index is 13.7. The van der Waals surface area contributed by atoms with Crippen molar-refractivity contribution in [1.82, 2.24) is 42.5 Å². The van der Waals surface area contributed by atoms with E-state index in [9.17, 15) is 144 Å². The maximum absolute atomic E-state index is 13.7. The van der Waals surface area contributed by atoms with Crippen molar-refractivity contribution in [2.24, 2.45) is 0 Å². The second-order valence-corrected chi connectivity index (χ2v) is 46.3. The molecule has 6 saturated heterocycles. The highest BCUT2D eigenvalue weighted by molar-refractivity contribution is 7.03. The van der Waals surface area contributed by atoms with Crippen molar-refractivity contribution in [3.63, 3.8) is 0 Å². The summed E-state index contributed by atoms with van der Waals surface area (Å²) in [5.41, 5.74) is 0. The fourth-order valence-corrected chi connectivity index (χ4v) is 59.8. The van der Waals surface area contributed by atoms with Gasteiger partial charge < -0.3 is 91.9 Å². The lowest BCUT2D eigenvalue weighted by molar-refractivity contribution is -0.173. The topological polar surface area (TPSA) is 344 Å². The van der Waals surface area contributed by atoms with Gasteiger partial charge in [0.05, 0.1) is 0 Å². The van der Waals surface area contributed by atoms with E-state index in [2.05, 4.69) is 0 Å². The Hall–Kier alpha value is -4.66. The molecule has 60 heteroatoms. The second-order valence-electron chi connectivity index (χ2n) is 21.5. The van der Waals surface area contributed by atoms with E-state index >= 15 is 0 Å². The number of halogens is 24. The van der Waals surface area contributed by atoms with Crippen LogP contribution in [0.5, 0.6) is 0 Å². The molecule has 0 atom stereocenters. The molecule has 0 aromatic rings. The lowest BCUT2D eigenvalue weighted by atomic mass is 10.4. The SMILES string of the molecule is O=C(NCCC[Si]12O[Si]3(CCCNC(=O)C(F)(F)F)O[Si]4(CCCNC(=O)C(F)(F)F)O[Si](CCCNC(=O)C(F)(F)F)(O1)O[Si]1(CCCNC(=O)C(F)(F)F)O[Si](CCCNC(=O)C(F)(F)F)(O2)O[Si](CCCNC(=O)C(F)(F)F)(O3)O[Si](CCCNC(=O)C(F)(F)F)(O4)O1)C(F)(F)F. The highest BCUT2D eigenvalue weighted by Gasteiger charge is 2.83. The first-order valence-electron chi connectivity index (χ1n) is 28.7. The summed E-state index contributed by atoms with van der Waals surface area (Å²) in [6, 6.07) is -10.0. The Kier molecular flexibility index (Phi) is 27.8. The van der Waals surface area contributed by atoms with Crippen LogP contribution in [0.25, 0.3) is 0 Å². The number of carbonyl (C=O) groups excluding carboxylic acids is 8. The van der Waals surface area contributed by atoms with Gasteiger partial charge in [0.1, 0.15) is 0 Å². The van der Waals surface area contributed by atoms with Crippen molar-refractivity contribution in [2.45, 2.75) is 149 Å². The van der Waals surface area contributed by atoms with Gasteiger partial charge in [-0.05, 0) is 51.4 Å². The van der Waals surface area contributed by atoms with E-state index in [1.807, 2.05) is 0 Å². The molecule has 8 N–H and O–H groups in total. The van der Waals surface area contributed by atoms with Crippen molar-refractivity contribution in [1.29, 1.82) is 0 Å². The van der Waals surface area contributed by atoms with E-state index < -0.39 is 319 Å². The molecule has 8 amide bonds. The van der Waals surface area contributed by atoms with E-state index in [1.54, 1.807) is 0 Å². The van der Waals surface area contributed by atoms with Crippen LogP contribution in [0.3, 0.4) is 0 Å². The molecule has 0 spiro atoms. The summed E-state index contributed by atoms with van der Waals surface area (Å²) in [6.07, 6.45) is -53.8. The maximum Gasteiger partial charge on any atom is 0.478 e. The highest BCUT2D eigenvalue weighted by Crippen LogP contribution is 2.55. The number of hydrogen-bond acceptors (Lipinski definition) is 20. The predicted octanol–water partition coefficient (Wildman–Crippen LogP) is 4.31. The summed E-state index contributed by atoms with van der Waals surface area (Å²) in [7, 11) is -48.7. The Morgan fingerprint density at radius 1 is 0.180 bits per heavy atom. The van der Waals surface area contributed by atoms with Gasteiger partial charge >= 0.3 is 167 Å². The van der Waals surface area contributed by atoms with Gasteiger partial charge in [-0.25, -0.2) is 0 Å². The molecular formula is C40H56F24N8O20Si8. The Morgan fingerprint density at radius 3 is 0.330 bits per heavy atom. The first kappa shape index (κ1) is 86.0. The molecule has 8 bridgehead atoms. The van der Waals surface area contributed by atoms with Gasteiger partial charge in [-0.2, -0.15) is 105 Å². The van der Waals surface area contributed by atoms with E-state index in [0.717, 1.165) is 0 Å². The van der Waals surface area contributed by atoms with Crippen LogP contribution in [0.4, 0.5) is 105 Å². The monoisotopic (exact) mass is 1650 g/mol. The van der Waals surface area contributed by atoms with Crippen LogP contribution >= 0.6 is 0 Å². The summed E-state index contributed by atoms with van der Waals surface area (Å²) in [4.78, 5) is 97.5. The first-order valence-corrected chi connectivity index (χ1v) is 44.2. The van der Waals surface area contributed by atoms with Crippen molar-refractivity contribution >= 4 is 118 Å². The standard InChI is InChI=1S/C40H56F24N8O20Si8/c41-33(42,43)25(73)65-9-1-17-93-81-94(18-2-10-66-26(74)34(44,45)46)84-97(21-5-13-69-29(77)37(53,54)55)86-95(82-93,19-3-11-67-27(75)35(47,48)49)88-99(23-7-15-71-31(79)39(59,60)61)89-96(83-93,20-4-12-68-28(76)36(50,51)52)87-98(85-94,22-6-14-70-30(78)38(56,57)58)91-100(90-97,92-99)24-8-16-72-32(80)40(62,63)64/h1-24H2,(H,65,73)(H,66,74)(H,67,75)(H,68,76)(H,69,77)(H,70,78)(H,71,79)(H,72,80). The Morgan fingerprint density at radius 2 is 0.260 bits per heavy atom. The minimum Gasteiger partial charge on any atom is -0.373 e. The van der Waals surface area contributed by atoms with Gasteiger partial charge in [0, 0.05) is 101 Å². The number of nitrogens with one attached hydrogen (secondary N) is 8. The zero-order valence-electron chi connectivity index (χ0n) is 50.2. The van der Waals surface area contributed by atoms with Crippen LogP contribution in [0.15, 0.2) is 0 Å². The predicted molar refractivity (Wildman–Crippen MR) is 287 cm³/mol. The third-order valence-electron chi connectivity index (χ3n) is 13.4. The van der Waals surface area contributed by atoms with Crippen molar-refractivity contribution < 1.29 is 193 Å². The Bertz CT molecular complexity index is 2290. The van der Waals surface area contributed by atoms with Crippen LogP contribution in [0.1, 0.15) is 51.4 Å². The first-order chi connectivity index (χ1) is 45.5. The molecular weight excluding hydrogens is 1590 g/mol. The van der Waals surface area contributed by atoms with Crippen LogP contribution in [-0.2, 0) is 87.7 Å². The minimum atomic E-state index is -6.08. The molecule has 6 rings (SSSR count). The van der Waals surface area contributed by atoms with E-state index in [4.69, 9.17) is 49.4 Å². The van der Waals surface area contributed by atoms with Gasteiger partial charge in [-0.3, -0.25) is 38.4 Å². The molecule has 6 aliphatic heterocycles. The van der Waals surface area contributed by atoms with Gasteiger partial charge in [-0.1, -0.05) is 0 Å².